The van der Waals surface area contributed by atoms with Gasteiger partial charge < -0.3 is 4.74 Å². The summed E-state index contributed by atoms with van der Waals surface area (Å²) in [6.07, 6.45) is -1.04. The monoisotopic (exact) mass is 118 g/mol. The normalized spacial score (nSPS) is 7.43. The number of carbonyl (C=O) groups excluding carboxylic acids is 1. The third-order valence-electron chi connectivity index (χ3n) is 0.282. The number of rotatable bonds is 2. The van der Waals surface area contributed by atoms with Gasteiger partial charge in [0.15, 0.2) is 0 Å². The largest absolute Gasteiger partial charge is 0.443 e. The SMILES string of the molecule is [NH]C(=O)OCC=S. The van der Waals surface area contributed by atoms with Gasteiger partial charge in [-0.15, -0.1) is 0 Å². The maximum atomic E-state index is 9.58. The van der Waals surface area contributed by atoms with Crippen molar-refractivity contribution in [3.63, 3.8) is 0 Å². The van der Waals surface area contributed by atoms with E-state index in [-0.39, 0.29) is 6.61 Å². The van der Waals surface area contributed by atoms with Crippen LogP contribution in [0.1, 0.15) is 0 Å². The first-order valence-electron chi connectivity index (χ1n) is 1.59. The lowest BCUT2D eigenvalue weighted by molar-refractivity contribution is 0.172. The van der Waals surface area contributed by atoms with Crippen molar-refractivity contribution in [1.82, 2.24) is 5.73 Å². The van der Waals surface area contributed by atoms with Gasteiger partial charge in [0.1, 0.15) is 6.61 Å². The van der Waals surface area contributed by atoms with E-state index in [0.29, 0.717) is 0 Å². The molecule has 0 aromatic rings. The Morgan fingerprint density at radius 3 is 2.71 bits per heavy atom. The van der Waals surface area contributed by atoms with Crippen molar-refractivity contribution < 1.29 is 9.53 Å². The van der Waals surface area contributed by atoms with Crippen LogP contribution in [-0.4, -0.2) is 18.1 Å². The molecular weight excluding hydrogens is 114 g/mol. The van der Waals surface area contributed by atoms with Crippen LogP contribution in [0.5, 0.6) is 0 Å². The minimum Gasteiger partial charge on any atom is -0.443 e. The van der Waals surface area contributed by atoms with Crippen LogP contribution in [0.25, 0.3) is 0 Å². The molecule has 1 amide bonds. The van der Waals surface area contributed by atoms with Crippen LogP contribution in [0.3, 0.4) is 0 Å². The summed E-state index contributed by atoms with van der Waals surface area (Å²) in [5.41, 5.74) is 6.15. The number of amides is 1. The molecule has 39 valence electrons. The summed E-state index contributed by atoms with van der Waals surface area (Å²) in [6, 6.07) is 0. The molecular formula is C3H4NO2S. The lowest BCUT2D eigenvalue weighted by atomic mass is 10.9. The lowest BCUT2D eigenvalue weighted by Crippen LogP contribution is -2.02. The van der Waals surface area contributed by atoms with E-state index in [2.05, 4.69) is 17.0 Å². The van der Waals surface area contributed by atoms with E-state index >= 15 is 0 Å². The number of nitrogens with one attached hydrogen (secondary N) is 1. The fraction of sp³-hybridized carbons (Fsp3) is 0.333. The highest BCUT2D eigenvalue weighted by atomic mass is 32.1. The summed E-state index contributed by atoms with van der Waals surface area (Å²) in [5, 5.41) is 1.24. The van der Waals surface area contributed by atoms with Crippen LogP contribution in [0, 0.1) is 0 Å². The Hall–Kier alpha value is -0.640. The molecule has 0 aliphatic rings. The van der Waals surface area contributed by atoms with E-state index in [0.717, 1.165) is 0 Å². The Kier molecular flexibility index (Phi) is 3.22. The Balaban J connectivity index is 2.97. The van der Waals surface area contributed by atoms with E-state index in [4.69, 9.17) is 5.73 Å². The zero-order valence-corrected chi connectivity index (χ0v) is 4.33. The molecule has 0 aliphatic heterocycles. The number of thiocarbonyl (C=S) groups is 1. The van der Waals surface area contributed by atoms with Gasteiger partial charge in [-0.05, 0) is 0 Å². The summed E-state index contributed by atoms with van der Waals surface area (Å²) in [7, 11) is 0. The summed E-state index contributed by atoms with van der Waals surface area (Å²) in [5.74, 6) is 0. The van der Waals surface area contributed by atoms with Crippen LogP contribution < -0.4 is 5.73 Å². The zero-order valence-electron chi connectivity index (χ0n) is 3.51. The lowest BCUT2D eigenvalue weighted by Gasteiger charge is -1.88. The van der Waals surface area contributed by atoms with Gasteiger partial charge in [-0.3, -0.25) is 0 Å². The molecule has 0 aliphatic carbocycles. The average Bonchev–Trinajstić information content (AvgIpc) is 1.61. The third kappa shape index (κ3) is 5.36. The second-order valence-electron chi connectivity index (χ2n) is 0.765. The van der Waals surface area contributed by atoms with Crippen LogP contribution in [0.15, 0.2) is 0 Å². The molecule has 1 N–H and O–H groups in total. The predicted octanol–water partition coefficient (Wildman–Crippen LogP) is 0.406. The molecule has 0 rings (SSSR count). The number of hydrogen-bond donors (Lipinski definition) is 0. The van der Waals surface area contributed by atoms with Gasteiger partial charge in [0.2, 0.25) is 0 Å². The van der Waals surface area contributed by atoms with Gasteiger partial charge >= 0.3 is 6.09 Å². The first-order valence-corrected chi connectivity index (χ1v) is 2.06. The maximum Gasteiger partial charge on any atom is 0.426 e. The summed E-state index contributed by atoms with van der Waals surface area (Å²) in [6.45, 7) is 0.0532. The van der Waals surface area contributed by atoms with Gasteiger partial charge in [-0.2, -0.15) is 0 Å². The second-order valence-corrected chi connectivity index (χ2v) is 1.10. The minimum absolute atomic E-state index is 0.0532. The van der Waals surface area contributed by atoms with E-state index in [1.165, 1.54) is 5.37 Å². The van der Waals surface area contributed by atoms with E-state index in [1.54, 1.807) is 0 Å². The third-order valence-corrected chi connectivity index (χ3v) is 0.419. The predicted molar refractivity (Wildman–Crippen MR) is 28.1 cm³/mol. The van der Waals surface area contributed by atoms with Crippen LogP contribution in [0.2, 0.25) is 0 Å². The molecule has 0 saturated heterocycles. The van der Waals surface area contributed by atoms with Gasteiger partial charge in [0.05, 0.1) is 0 Å². The van der Waals surface area contributed by atoms with Crippen molar-refractivity contribution in [1.29, 1.82) is 0 Å². The molecule has 0 saturated carbocycles. The number of carbonyl (C=O) groups is 1. The minimum atomic E-state index is -1.04. The Morgan fingerprint density at radius 2 is 2.57 bits per heavy atom. The summed E-state index contributed by atoms with van der Waals surface area (Å²) < 4.78 is 4.06. The molecule has 0 atom stereocenters. The van der Waals surface area contributed by atoms with Gasteiger partial charge in [-0.25, -0.2) is 10.5 Å². The highest BCUT2D eigenvalue weighted by Crippen LogP contribution is 1.69. The van der Waals surface area contributed by atoms with Gasteiger partial charge in [0, 0.05) is 5.37 Å². The topological polar surface area (TPSA) is 50.1 Å². The standard InChI is InChI=1S/C3H4NO2S/c4-3(5)6-1-2-7/h2,4H,1H2. The molecule has 0 bridgehead atoms. The van der Waals surface area contributed by atoms with E-state index < -0.39 is 6.09 Å². The first-order chi connectivity index (χ1) is 3.27. The summed E-state index contributed by atoms with van der Waals surface area (Å²) >= 11 is 4.28. The van der Waals surface area contributed by atoms with Crippen LogP contribution >= 0.6 is 12.2 Å². The molecule has 0 aromatic carbocycles. The maximum absolute atomic E-state index is 9.58. The Bertz CT molecular complexity index is 83.0. The molecule has 7 heavy (non-hydrogen) atoms. The molecule has 1 radical (unpaired) electrons. The molecule has 3 nitrogen and oxygen atoms in total. The number of hydrogen-bond acceptors (Lipinski definition) is 3. The Morgan fingerprint density at radius 1 is 2.00 bits per heavy atom. The molecule has 0 aromatic heterocycles. The van der Waals surface area contributed by atoms with Crippen LogP contribution in [0.4, 0.5) is 4.79 Å². The van der Waals surface area contributed by atoms with Crippen molar-refractivity contribution in [3.8, 4) is 0 Å². The fourth-order valence-electron chi connectivity index (χ4n) is 0.110. The van der Waals surface area contributed by atoms with E-state index in [1.807, 2.05) is 0 Å². The summed E-state index contributed by atoms with van der Waals surface area (Å²) in [4.78, 5) is 9.58. The quantitative estimate of drug-likeness (QED) is 0.493. The van der Waals surface area contributed by atoms with Crippen molar-refractivity contribution in [2.75, 3.05) is 6.61 Å². The van der Waals surface area contributed by atoms with Gasteiger partial charge in [-0.1, -0.05) is 12.2 Å². The smallest absolute Gasteiger partial charge is 0.426 e. The molecule has 0 spiro atoms. The first kappa shape index (κ1) is 6.36. The van der Waals surface area contributed by atoms with E-state index in [9.17, 15) is 4.79 Å². The Labute approximate surface area is 46.4 Å². The fourth-order valence-corrected chi connectivity index (χ4v) is 0.178. The highest BCUT2D eigenvalue weighted by Gasteiger charge is 1.86. The van der Waals surface area contributed by atoms with Crippen molar-refractivity contribution in [3.05, 3.63) is 0 Å². The second kappa shape index (κ2) is 3.55. The zero-order chi connectivity index (χ0) is 5.70. The molecule has 0 fully saturated rings. The van der Waals surface area contributed by atoms with Crippen molar-refractivity contribution in [2.45, 2.75) is 0 Å². The van der Waals surface area contributed by atoms with Crippen molar-refractivity contribution in [2.24, 2.45) is 0 Å². The highest BCUT2D eigenvalue weighted by molar-refractivity contribution is 7.79. The molecule has 4 heteroatoms. The number of ether oxygens (including phenoxy) is 1. The average molecular weight is 118 g/mol. The van der Waals surface area contributed by atoms with Crippen molar-refractivity contribution >= 4 is 23.7 Å². The van der Waals surface area contributed by atoms with Gasteiger partial charge in [0.25, 0.3) is 0 Å². The molecule has 0 unspecified atom stereocenters. The molecule has 0 heterocycles. The van der Waals surface area contributed by atoms with Crippen LogP contribution in [-0.2, 0) is 4.74 Å².